The van der Waals surface area contributed by atoms with Crippen molar-refractivity contribution in [1.82, 2.24) is 4.98 Å². The molecule has 0 saturated carbocycles. The minimum atomic E-state index is -3.00. The highest BCUT2D eigenvalue weighted by Crippen LogP contribution is 2.33. The third kappa shape index (κ3) is 2.00. The first-order valence-corrected chi connectivity index (χ1v) is 4.01. The second-order valence-corrected chi connectivity index (χ2v) is 3.02. The molecule has 0 bridgehead atoms. The van der Waals surface area contributed by atoms with Crippen molar-refractivity contribution in [3.63, 3.8) is 0 Å². The molecule has 1 heterocycles. The molecule has 76 valence electrons. The fourth-order valence-electron chi connectivity index (χ4n) is 0.783. The van der Waals surface area contributed by atoms with Crippen LogP contribution in [0.15, 0.2) is 10.5 Å². The normalized spacial score (nSPS) is 10.6. The summed E-state index contributed by atoms with van der Waals surface area (Å²) >= 11 is 2.57. The van der Waals surface area contributed by atoms with E-state index in [0.717, 1.165) is 0 Å². The molecule has 0 spiro atoms. The van der Waals surface area contributed by atoms with E-state index in [2.05, 4.69) is 20.9 Å². The minimum absolute atomic E-state index is 0.446. The Bertz CT molecular complexity index is 386. The van der Waals surface area contributed by atoms with Gasteiger partial charge in [0.05, 0.1) is 0 Å². The Morgan fingerprint density at radius 1 is 1.57 bits per heavy atom. The maximum absolute atomic E-state index is 12.6. The van der Waals surface area contributed by atoms with Crippen molar-refractivity contribution in [2.75, 3.05) is 0 Å². The van der Waals surface area contributed by atoms with E-state index in [1.165, 1.54) is 0 Å². The van der Waals surface area contributed by atoms with E-state index < -0.39 is 33.2 Å². The van der Waals surface area contributed by atoms with E-state index >= 15 is 0 Å². The summed E-state index contributed by atoms with van der Waals surface area (Å²) in [5.74, 6) is -2.27. The van der Waals surface area contributed by atoms with Gasteiger partial charge in [0.2, 0.25) is 0 Å². The third-order valence-corrected chi connectivity index (χ3v) is 2.16. The summed E-state index contributed by atoms with van der Waals surface area (Å²) in [5.41, 5.74) is -0.788. The maximum Gasteiger partial charge on any atom is 0.381 e. The first-order chi connectivity index (χ1) is 6.43. The quantitative estimate of drug-likeness (QED) is 0.472. The van der Waals surface area contributed by atoms with E-state index in [1.54, 1.807) is 0 Å². The molecule has 1 rings (SSSR count). The molecular weight excluding hydrogens is 269 g/mol. The van der Waals surface area contributed by atoms with Crippen molar-refractivity contribution in [3.8, 4) is 0 Å². The predicted molar refractivity (Wildman–Crippen MR) is 43.5 cm³/mol. The fourth-order valence-corrected chi connectivity index (χ4v) is 1.30. The zero-order valence-electron chi connectivity index (χ0n) is 6.38. The molecule has 0 unspecified atom stereocenters. The molecular formula is C6H2BrF3N2O2. The molecule has 4 nitrogen and oxygen atoms in total. The molecule has 0 aliphatic carbocycles. The van der Waals surface area contributed by atoms with Crippen molar-refractivity contribution in [3.05, 3.63) is 32.2 Å². The summed E-state index contributed by atoms with van der Waals surface area (Å²) in [4.78, 5) is 12.1. The smallest absolute Gasteiger partial charge is 0.358 e. The summed E-state index contributed by atoms with van der Waals surface area (Å²) < 4.78 is 36.5. The Balaban J connectivity index is 3.40. The Kier molecular flexibility index (Phi) is 3.04. The van der Waals surface area contributed by atoms with E-state index in [9.17, 15) is 23.3 Å². The summed E-state index contributed by atoms with van der Waals surface area (Å²) in [6.45, 7) is 0. The number of hydrogen-bond acceptors (Lipinski definition) is 3. The lowest BCUT2D eigenvalue weighted by Gasteiger charge is -2.02. The zero-order chi connectivity index (χ0) is 10.9. The molecule has 0 atom stereocenters. The average molecular weight is 271 g/mol. The Labute approximate surface area is 84.0 Å². The summed E-state index contributed by atoms with van der Waals surface area (Å²) in [6, 6.07) is 0.446. The van der Waals surface area contributed by atoms with Crippen LogP contribution in [0, 0.1) is 16.1 Å². The van der Waals surface area contributed by atoms with E-state index in [4.69, 9.17) is 0 Å². The Morgan fingerprint density at radius 2 is 2.14 bits per heavy atom. The van der Waals surface area contributed by atoms with Gasteiger partial charge in [-0.05, 0) is 25.8 Å². The first kappa shape index (κ1) is 10.9. The molecule has 1 aromatic rings. The molecule has 0 aliphatic rings. The van der Waals surface area contributed by atoms with Gasteiger partial charge in [-0.15, -0.1) is 0 Å². The zero-order valence-corrected chi connectivity index (χ0v) is 7.96. The highest BCUT2D eigenvalue weighted by Gasteiger charge is 2.25. The van der Waals surface area contributed by atoms with Gasteiger partial charge in [-0.2, -0.15) is 4.39 Å². The number of nitrogens with zero attached hydrogens (tertiary/aromatic N) is 2. The van der Waals surface area contributed by atoms with Crippen LogP contribution in [0.1, 0.15) is 12.0 Å². The summed E-state index contributed by atoms with van der Waals surface area (Å²) in [5, 5.41) is 10.3. The Morgan fingerprint density at radius 3 is 2.57 bits per heavy atom. The number of pyridine rings is 1. The van der Waals surface area contributed by atoms with Crippen LogP contribution in [0.3, 0.4) is 0 Å². The molecule has 14 heavy (non-hydrogen) atoms. The standard InChI is InChI=1S/C6H2BrF3N2O2/c7-4-2(5(9)10)1-3(8)11-6(4)12(13)14/h1,5H. The van der Waals surface area contributed by atoms with Crippen molar-refractivity contribution in [2.24, 2.45) is 0 Å². The summed E-state index contributed by atoms with van der Waals surface area (Å²) in [6.07, 6.45) is -3.00. The summed E-state index contributed by atoms with van der Waals surface area (Å²) in [7, 11) is 0. The highest BCUT2D eigenvalue weighted by molar-refractivity contribution is 9.10. The van der Waals surface area contributed by atoms with Crippen molar-refractivity contribution < 1.29 is 18.1 Å². The van der Waals surface area contributed by atoms with Gasteiger partial charge in [0.1, 0.15) is 4.47 Å². The van der Waals surface area contributed by atoms with Crippen LogP contribution in [-0.4, -0.2) is 9.91 Å². The lowest BCUT2D eigenvalue weighted by Crippen LogP contribution is -2.00. The van der Waals surface area contributed by atoms with Crippen LogP contribution in [0.4, 0.5) is 19.0 Å². The molecule has 8 heteroatoms. The lowest BCUT2D eigenvalue weighted by molar-refractivity contribution is -0.390. The lowest BCUT2D eigenvalue weighted by atomic mass is 10.2. The number of nitro groups is 1. The molecule has 1 aromatic heterocycles. The fraction of sp³-hybridized carbons (Fsp3) is 0.167. The first-order valence-electron chi connectivity index (χ1n) is 3.22. The average Bonchev–Trinajstić information content (AvgIpc) is 2.07. The maximum atomic E-state index is 12.6. The van der Waals surface area contributed by atoms with E-state index in [0.29, 0.717) is 6.07 Å². The van der Waals surface area contributed by atoms with Crippen LogP contribution in [0.5, 0.6) is 0 Å². The Hall–Kier alpha value is -1.18. The molecule has 0 saturated heterocycles. The molecule has 0 aromatic carbocycles. The molecule has 0 aliphatic heterocycles. The van der Waals surface area contributed by atoms with Crippen molar-refractivity contribution in [2.45, 2.75) is 6.43 Å². The van der Waals surface area contributed by atoms with Gasteiger partial charge in [0, 0.05) is 11.6 Å². The molecule has 0 N–H and O–H groups in total. The third-order valence-electron chi connectivity index (χ3n) is 1.35. The van der Waals surface area contributed by atoms with Gasteiger partial charge >= 0.3 is 11.8 Å². The van der Waals surface area contributed by atoms with Crippen LogP contribution in [0.2, 0.25) is 0 Å². The number of rotatable bonds is 2. The van der Waals surface area contributed by atoms with Crippen LogP contribution in [0.25, 0.3) is 0 Å². The number of aromatic nitrogens is 1. The SMILES string of the molecule is O=[N+]([O-])c1nc(F)cc(C(F)F)c1Br. The van der Waals surface area contributed by atoms with Crippen LogP contribution >= 0.6 is 15.9 Å². The second-order valence-electron chi connectivity index (χ2n) is 2.23. The monoisotopic (exact) mass is 270 g/mol. The predicted octanol–water partition coefficient (Wildman–Crippen LogP) is 2.83. The number of alkyl halides is 2. The molecule has 0 amide bonds. The number of halogens is 4. The molecule has 0 fully saturated rings. The van der Waals surface area contributed by atoms with Gasteiger partial charge < -0.3 is 10.1 Å². The van der Waals surface area contributed by atoms with Crippen molar-refractivity contribution in [1.29, 1.82) is 0 Å². The minimum Gasteiger partial charge on any atom is -0.358 e. The van der Waals surface area contributed by atoms with Gasteiger partial charge in [-0.25, -0.2) is 8.78 Å². The van der Waals surface area contributed by atoms with E-state index in [-0.39, 0.29) is 0 Å². The van der Waals surface area contributed by atoms with E-state index in [1.807, 2.05) is 0 Å². The van der Waals surface area contributed by atoms with Crippen LogP contribution in [-0.2, 0) is 0 Å². The number of hydrogen-bond donors (Lipinski definition) is 0. The van der Waals surface area contributed by atoms with Gasteiger partial charge in [-0.3, -0.25) is 0 Å². The molecule has 0 radical (unpaired) electrons. The van der Waals surface area contributed by atoms with Gasteiger partial charge in [-0.1, -0.05) is 0 Å². The largest absolute Gasteiger partial charge is 0.381 e. The van der Waals surface area contributed by atoms with Gasteiger partial charge in [0.25, 0.3) is 6.43 Å². The second kappa shape index (κ2) is 3.91. The topological polar surface area (TPSA) is 56.0 Å². The highest BCUT2D eigenvalue weighted by atomic mass is 79.9. The van der Waals surface area contributed by atoms with Crippen molar-refractivity contribution >= 4 is 21.7 Å². The van der Waals surface area contributed by atoms with Gasteiger partial charge in [0.15, 0.2) is 0 Å². The van der Waals surface area contributed by atoms with Crippen LogP contribution < -0.4 is 0 Å².